The first kappa shape index (κ1) is 20.8. The fourth-order valence-electron chi connectivity index (χ4n) is 2.95. The predicted octanol–water partition coefficient (Wildman–Crippen LogP) is 6.05. The maximum absolute atomic E-state index is 12.5. The topological polar surface area (TPSA) is 88.2 Å². The van der Waals surface area contributed by atoms with Crippen molar-refractivity contribution in [1.82, 2.24) is 4.98 Å². The second kappa shape index (κ2) is 9.16. The van der Waals surface area contributed by atoms with Gasteiger partial charge < -0.3 is 14.5 Å². The Hall–Kier alpha value is -3.41. The number of benzene rings is 2. The Kier molecular flexibility index (Phi) is 6.16. The van der Waals surface area contributed by atoms with E-state index in [4.69, 9.17) is 9.15 Å². The zero-order valence-electron chi connectivity index (χ0n) is 16.4. The lowest BCUT2D eigenvalue weighted by Crippen LogP contribution is -2.03. The van der Waals surface area contributed by atoms with Crippen LogP contribution in [0.25, 0.3) is 27.8 Å². The summed E-state index contributed by atoms with van der Waals surface area (Å²) in [4.78, 5) is 17.0. The Morgan fingerprint density at radius 1 is 1.32 bits per heavy atom. The molecule has 8 heteroatoms. The van der Waals surface area contributed by atoms with Gasteiger partial charge in [0.25, 0.3) is 0 Å². The zero-order valence-corrected chi connectivity index (χ0v) is 18.8. The van der Waals surface area contributed by atoms with Crippen LogP contribution < -0.4 is 15.7 Å². The van der Waals surface area contributed by atoms with Crippen LogP contribution in [0.15, 0.2) is 73.8 Å². The smallest absolute Gasteiger partial charge is 0.345 e. The third kappa shape index (κ3) is 4.53. The number of halogens is 1. The number of anilines is 1. The lowest BCUT2D eigenvalue weighted by molar-refractivity contribution is 0.342. The largest absolute Gasteiger partial charge is 0.492 e. The Balaban J connectivity index is 1.65. The van der Waals surface area contributed by atoms with Gasteiger partial charge in [0.15, 0.2) is 0 Å². The maximum Gasteiger partial charge on any atom is 0.345 e. The number of nitriles is 1. The molecule has 0 aliphatic rings. The van der Waals surface area contributed by atoms with E-state index in [0.29, 0.717) is 39.8 Å². The van der Waals surface area contributed by atoms with Crippen LogP contribution in [0.4, 0.5) is 5.69 Å². The molecule has 0 unspecified atom stereocenters. The number of nitrogens with zero attached hydrogens (tertiary/aromatic N) is 2. The van der Waals surface area contributed by atoms with Crippen molar-refractivity contribution >= 4 is 49.5 Å². The van der Waals surface area contributed by atoms with Crippen molar-refractivity contribution in [3.05, 3.63) is 80.0 Å². The van der Waals surface area contributed by atoms with Crippen molar-refractivity contribution in [2.75, 3.05) is 11.9 Å². The van der Waals surface area contributed by atoms with Crippen LogP contribution in [0.2, 0.25) is 0 Å². The molecule has 1 N–H and O–H groups in total. The number of ether oxygens (including phenoxy) is 1. The summed E-state index contributed by atoms with van der Waals surface area (Å²) in [5.74, 6) is 0.693. The molecule has 0 radical (unpaired) electrons. The first-order valence-corrected chi connectivity index (χ1v) is 11.0. The summed E-state index contributed by atoms with van der Waals surface area (Å²) in [7, 11) is 0. The molecule has 154 valence electrons. The third-order valence-electron chi connectivity index (χ3n) is 4.38. The molecule has 0 amide bonds. The number of nitrogens with one attached hydrogen (secondary N) is 1. The van der Waals surface area contributed by atoms with Crippen molar-refractivity contribution in [2.24, 2.45) is 0 Å². The van der Waals surface area contributed by atoms with Gasteiger partial charge in [0.2, 0.25) is 0 Å². The predicted molar refractivity (Wildman–Crippen MR) is 126 cm³/mol. The number of thiazole rings is 1. The minimum atomic E-state index is -0.474. The summed E-state index contributed by atoms with van der Waals surface area (Å²) in [5, 5.41) is 15.8. The molecule has 2 heterocycles. The van der Waals surface area contributed by atoms with E-state index >= 15 is 0 Å². The number of fused-ring (bicyclic) bond motifs is 1. The monoisotopic (exact) mass is 493 g/mol. The van der Waals surface area contributed by atoms with Crippen LogP contribution in [-0.2, 0) is 0 Å². The molecule has 2 aromatic carbocycles. The number of aromatic nitrogens is 1. The summed E-state index contributed by atoms with van der Waals surface area (Å²) < 4.78 is 11.9. The average molecular weight is 494 g/mol. The molecule has 0 saturated carbocycles. The molecule has 0 fully saturated rings. The van der Waals surface area contributed by atoms with Crippen LogP contribution in [0.1, 0.15) is 11.9 Å². The summed E-state index contributed by atoms with van der Waals surface area (Å²) in [6.07, 6.45) is 1.58. The first-order valence-electron chi connectivity index (χ1n) is 9.37. The quantitative estimate of drug-likeness (QED) is 0.259. The zero-order chi connectivity index (χ0) is 21.8. The number of rotatable bonds is 6. The molecule has 0 atom stereocenters. The van der Waals surface area contributed by atoms with Crippen molar-refractivity contribution in [1.29, 1.82) is 5.26 Å². The molecule has 0 spiro atoms. The summed E-state index contributed by atoms with van der Waals surface area (Å²) in [6, 6.07) is 16.8. The highest BCUT2D eigenvalue weighted by atomic mass is 79.9. The van der Waals surface area contributed by atoms with Crippen molar-refractivity contribution in [2.45, 2.75) is 6.92 Å². The molecule has 31 heavy (non-hydrogen) atoms. The van der Waals surface area contributed by atoms with Crippen molar-refractivity contribution in [3.63, 3.8) is 0 Å². The van der Waals surface area contributed by atoms with Gasteiger partial charge in [0.05, 0.1) is 23.6 Å². The molecule has 2 aromatic heterocycles. The van der Waals surface area contributed by atoms with Crippen LogP contribution in [-0.4, -0.2) is 11.6 Å². The summed E-state index contributed by atoms with van der Waals surface area (Å²) in [6.45, 7) is 2.45. The number of hydrogen-bond acceptors (Lipinski definition) is 7. The molecular formula is C23H16BrN3O3S. The molecule has 6 nitrogen and oxygen atoms in total. The van der Waals surface area contributed by atoms with E-state index in [1.165, 1.54) is 11.3 Å². The van der Waals surface area contributed by atoms with Crippen molar-refractivity contribution in [3.8, 4) is 23.1 Å². The molecule has 0 bridgehead atoms. The van der Waals surface area contributed by atoms with Gasteiger partial charge in [-0.1, -0.05) is 28.1 Å². The third-order valence-corrected chi connectivity index (χ3v) is 5.75. The highest BCUT2D eigenvalue weighted by molar-refractivity contribution is 9.10. The van der Waals surface area contributed by atoms with Gasteiger partial charge in [-0.2, -0.15) is 5.26 Å². The van der Waals surface area contributed by atoms with Gasteiger partial charge in [0.1, 0.15) is 28.0 Å². The first-order chi connectivity index (χ1) is 15.1. The molecule has 4 aromatic rings. The summed E-state index contributed by atoms with van der Waals surface area (Å²) >= 11 is 4.70. The number of allylic oxidation sites excluding steroid dienone is 1. The van der Waals surface area contributed by atoms with E-state index in [1.807, 2.05) is 43.3 Å². The highest BCUT2D eigenvalue weighted by Gasteiger charge is 2.14. The van der Waals surface area contributed by atoms with E-state index in [-0.39, 0.29) is 0 Å². The molecule has 0 aliphatic carbocycles. The highest BCUT2D eigenvalue weighted by Crippen LogP contribution is 2.28. The van der Waals surface area contributed by atoms with Crippen molar-refractivity contribution < 1.29 is 9.15 Å². The molecular weight excluding hydrogens is 478 g/mol. The van der Waals surface area contributed by atoms with E-state index < -0.39 is 5.63 Å². The second-order valence-corrected chi connectivity index (χ2v) is 8.18. The number of hydrogen-bond donors (Lipinski definition) is 1. The van der Waals surface area contributed by atoms with Crippen LogP contribution in [0, 0.1) is 11.3 Å². The Morgan fingerprint density at radius 2 is 2.16 bits per heavy atom. The molecule has 0 saturated heterocycles. The lowest BCUT2D eigenvalue weighted by Gasteiger charge is -2.09. The second-order valence-electron chi connectivity index (χ2n) is 6.41. The minimum absolute atomic E-state index is 0.343. The van der Waals surface area contributed by atoms with E-state index in [0.717, 1.165) is 15.5 Å². The van der Waals surface area contributed by atoms with E-state index in [1.54, 1.807) is 23.7 Å². The molecule has 4 rings (SSSR count). The Morgan fingerprint density at radius 3 is 2.97 bits per heavy atom. The van der Waals surface area contributed by atoms with Gasteiger partial charge in [-0.3, -0.25) is 0 Å². The van der Waals surface area contributed by atoms with E-state index in [9.17, 15) is 10.1 Å². The SMILES string of the molecule is CCOc1ccccc1N/C=C(/C#N)c1nc(-c2cc3cc(Br)ccc3oc2=O)cs1. The van der Waals surface area contributed by atoms with E-state index in [2.05, 4.69) is 32.3 Å². The lowest BCUT2D eigenvalue weighted by atomic mass is 10.1. The fourth-order valence-corrected chi connectivity index (χ4v) is 4.12. The van der Waals surface area contributed by atoms with Crippen LogP contribution in [0.5, 0.6) is 5.75 Å². The average Bonchev–Trinajstić information content (AvgIpc) is 3.25. The van der Waals surface area contributed by atoms with Gasteiger partial charge in [-0.25, -0.2) is 9.78 Å². The van der Waals surface area contributed by atoms with Gasteiger partial charge in [0, 0.05) is 21.4 Å². The maximum atomic E-state index is 12.5. The Bertz CT molecular complexity index is 1380. The standard InChI is InChI=1S/C23H16BrN3O3S/c1-2-29-21-6-4-3-5-18(21)26-12-15(11-25)22-27-19(13-31-22)17-10-14-9-16(24)7-8-20(14)30-23(17)28/h3-10,12-13,26H,2H2,1H3/b15-12-. The molecule has 0 aliphatic heterocycles. The fraction of sp³-hybridized carbons (Fsp3) is 0.0870. The normalized spacial score (nSPS) is 11.3. The summed E-state index contributed by atoms with van der Waals surface area (Å²) in [5.41, 5.74) is 1.93. The minimum Gasteiger partial charge on any atom is -0.492 e. The Labute approximate surface area is 190 Å². The number of para-hydroxylation sites is 2. The van der Waals surface area contributed by atoms with Gasteiger partial charge >= 0.3 is 5.63 Å². The van der Waals surface area contributed by atoms with Crippen LogP contribution in [0.3, 0.4) is 0 Å². The van der Waals surface area contributed by atoms with Gasteiger partial charge in [-0.05, 0) is 43.3 Å². The van der Waals surface area contributed by atoms with Crippen LogP contribution >= 0.6 is 27.3 Å². The van der Waals surface area contributed by atoms with Gasteiger partial charge in [-0.15, -0.1) is 11.3 Å².